The van der Waals surface area contributed by atoms with E-state index < -0.39 is 11.7 Å². The fourth-order valence-electron chi connectivity index (χ4n) is 1.10. The molecule has 0 aliphatic heterocycles. The summed E-state index contributed by atoms with van der Waals surface area (Å²) >= 11 is 0. The standard InChI is InChI=1S/C9H11FO3/c10-9-3-7(13)1-2-8(9)6(4-11)5-12/h1-3,6,11-13H,4-5H2. The van der Waals surface area contributed by atoms with Crippen molar-refractivity contribution in [2.75, 3.05) is 13.2 Å². The lowest BCUT2D eigenvalue weighted by Gasteiger charge is -2.11. The third kappa shape index (κ3) is 2.17. The quantitative estimate of drug-likeness (QED) is 0.647. The van der Waals surface area contributed by atoms with E-state index in [1.54, 1.807) is 0 Å². The Morgan fingerprint density at radius 1 is 1.23 bits per heavy atom. The third-order valence-electron chi connectivity index (χ3n) is 1.86. The van der Waals surface area contributed by atoms with Crippen molar-refractivity contribution in [1.29, 1.82) is 0 Å². The predicted octanol–water partition coefficient (Wildman–Crippen LogP) is 0.599. The van der Waals surface area contributed by atoms with Crippen LogP contribution in [0.5, 0.6) is 5.75 Å². The summed E-state index contributed by atoms with van der Waals surface area (Å²) in [5.74, 6) is -1.41. The van der Waals surface area contributed by atoms with Gasteiger partial charge in [0.05, 0.1) is 13.2 Å². The van der Waals surface area contributed by atoms with Gasteiger partial charge in [0.2, 0.25) is 0 Å². The molecule has 0 saturated heterocycles. The first kappa shape index (κ1) is 9.95. The first-order valence-corrected chi connectivity index (χ1v) is 3.89. The summed E-state index contributed by atoms with van der Waals surface area (Å²) in [5, 5.41) is 26.5. The van der Waals surface area contributed by atoms with Crippen molar-refractivity contribution in [3.05, 3.63) is 29.6 Å². The fourth-order valence-corrected chi connectivity index (χ4v) is 1.10. The molecule has 72 valence electrons. The van der Waals surface area contributed by atoms with Gasteiger partial charge in [-0.2, -0.15) is 0 Å². The summed E-state index contributed by atoms with van der Waals surface area (Å²) < 4.78 is 13.1. The minimum Gasteiger partial charge on any atom is -0.508 e. The molecule has 0 amide bonds. The van der Waals surface area contributed by atoms with Crippen LogP contribution in [-0.2, 0) is 0 Å². The second-order valence-electron chi connectivity index (χ2n) is 2.77. The van der Waals surface area contributed by atoms with Crippen LogP contribution in [0.1, 0.15) is 11.5 Å². The molecule has 3 nitrogen and oxygen atoms in total. The van der Waals surface area contributed by atoms with E-state index in [1.165, 1.54) is 12.1 Å². The number of halogens is 1. The van der Waals surface area contributed by atoms with E-state index in [-0.39, 0.29) is 24.5 Å². The monoisotopic (exact) mass is 186 g/mol. The molecule has 0 saturated carbocycles. The molecule has 0 unspecified atom stereocenters. The average Bonchev–Trinajstić information content (AvgIpc) is 2.10. The first-order chi connectivity index (χ1) is 6.19. The predicted molar refractivity (Wildman–Crippen MR) is 45.0 cm³/mol. The molecule has 0 heterocycles. The highest BCUT2D eigenvalue weighted by atomic mass is 19.1. The molecule has 0 atom stereocenters. The number of hydrogen-bond acceptors (Lipinski definition) is 3. The Balaban J connectivity index is 2.99. The Bertz CT molecular complexity index is 284. The van der Waals surface area contributed by atoms with Crippen LogP contribution in [0.3, 0.4) is 0 Å². The zero-order valence-electron chi connectivity index (χ0n) is 6.94. The smallest absolute Gasteiger partial charge is 0.130 e. The molecular weight excluding hydrogens is 175 g/mol. The highest BCUT2D eigenvalue weighted by Crippen LogP contribution is 2.22. The summed E-state index contributed by atoms with van der Waals surface area (Å²) in [7, 11) is 0. The van der Waals surface area contributed by atoms with Gasteiger partial charge in [-0.1, -0.05) is 6.07 Å². The maximum Gasteiger partial charge on any atom is 0.130 e. The Labute approximate surface area is 75.1 Å². The lowest BCUT2D eigenvalue weighted by atomic mass is 10.0. The molecule has 13 heavy (non-hydrogen) atoms. The number of aliphatic hydroxyl groups is 2. The topological polar surface area (TPSA) is 60.7 Å². The van der Waals surface area contributed by atoms with Crippen LogP contribution in [-0.4, -0.2) is 28.5 Å². The van der Waals surface area contributed by atoms with Gasteiger partial charge in [0, 0.05) is 12.0 Å². The Kier molecular flexibility index (Phi) is 3.22. The van der Waals surface area contributed by atoms with Gasteiger partial charge in [-0.05, 0) is 11.6 Å². The second kappa shape index (κ2) is 4.20. The maximum absolute atomic E-state index is 13.1. The minimum absolute atomic E-state index is 0.170. The summed E-state index contributed by atoms with van der Waals surface area (Å²) in [6, 6.07) is 3.62. The van der Waals surface area contributed by atoms with Crippen LogP contribution < -0.4 is 0 Å². The molecule has 0 radical (unpaired) electrons. The Morgan fingerprint density at radius 3 is 2.31 bits per heavy atom. The Morgan fingerprint density at radius 2 is 1.85 bits per heavy atom. The van der Waals surface area contributed by atoms with Crippen LogP contribution in [0.2, 0.25) is 0 Å². The van der Waals surface area contributed by atoms with Gasteiger partial charge in [0.25, 0.3) is 0 Å². The fraction of sp³-hybridized carbons (Fsp3) is 0.333. The lowest BCUT2D eigenvalue weighted by Crippen LogP contribution is -2.10. The minimum atomic E-state index is -0.624. The number of aromatic hydroxyl groups is 1. The van der Waals surface area contributed by atoms with Crippen LogP contribution >= 0.6 is 0 Å². The van der Waals surface area contributed by atoms with Gasteiger partial charge >= 0.3 is 0 Å². The van der Waals surface area contributed by atoms with Crippen LogP contribution in [0, 0.1) is 5.82 Å². The molecule has 0 aliphatic carbocycles. The number of benzene rings is 1. The Hall–Kier alpha value is -1.13. The third-order valence-corrected chi connectivity index (χ3v) is 1.86. The molecule has 0 bridgehead atoms. The normalized spacial score (nSPS) is 10.8. The van der Waals surface area contributed by atoms with E-state index >= 15 is 0 Å². The van der Waals surface area contributed by atoms with E-state index in [2.05, 4.69) is 0 Å². The van der Waals surface area contributed by atoms with Gasteiger partial charge in [-0.25, -0.2) is 4.39 Å². The van der Waals surface area contributed by atoms with E-state index in [9.17, 15) is 4.39 Å². The summed E-state index contributed by atoms with van der Waals surface area (Å²) in [5.41, 5.74) is 0.211. The summed E-state index contributed by atoms with van der Waals surface area (Å²) in [6.45, 7) is -0.642. The van der Waals surface area contributed by atoms with Gasteiger partial charge < -0.3 is 15.3 Å². The molecule has 3 N–H and O–H groups in total. The largest absolute Gasteiger partial charge is 0.508 e. The summed E-state index contributed by atoms with van der Waals surface area (Å²) in [6.07, 6.45) is 0. The van der Waals surface area contributed by atoms with E-state index in [1.807, 2.05) is 0 Å². The van der Waals surface area contributed by atoms with Crippen molar-refractivity contribution in [1.82, 2.24) is 0 Å². The molecular formula is C9H11FO3. The van der Waals surface area contributed by atoms with Crippen molar-refractivity contribution in [3.8, 4) is 5.75 Å². The molecule has 0 aromatic heterocycles. The molecule has 4 heteroatoms. The van der Waals surface area contributed by atoms with E-state index in [0.29, 0.717) is 0 Å². The van der Waals surface area contributed by atoms with Crippen molar-refractivity contribution in [2.24, 2.45) is 0 Å². The number of rotatable bonds is 3. The van der Waals surface area contributed by atoms with Gasteiger partial charge in [0.1, 0.15) is 11.6 Å². The van der Waals surface area contributed by atoms with Crippen molar-refractivity contribution in [2.45, 2.75) is 5.92 Å². The molecule has 1 rings (SSSR count). The van der Waals surface area contributed by atoms with Crippen LogP contribution in [0.15, 0.2) is 18.2 Å². The van der Waals surface area contributed by atoms with E-state index in [0.717, 1.165) is 6.07 Å². The molecule has 1 aromatic rings. The zero-order valence-corrected chi connectivity index (χ0v) is 6.94. The van der Waals surface area contributed by atoms with Gasteiger partial charge in [-0.3, -0.25) is 0 Å². The maximum atomic E-state index is 13.1. The van der Waals surface area contributed by atoms with Crippen molar-refractivity contribution < 1.29 is 19.7 Å². The zero-order chi connectivity index (χ0) is 9.84. The molecule has 0 spiro atoms. The number of hydrogen-bond donors (Lipinski definition) is 3. The van der Waals surface area contributed by atoms with Crippen molar-refractivity contribution >= 4 is 0 Å². The molecule has 1 aromatic carbocycles. The second-order valence-corrected chi connectivity index (χ2v) is 2.77. The number of aliphatic hydroxyl groups excluding tert-OH is 2. The lowest BCUT2D eigenvalue weighted by molar-refractivity contribution is 0.190. The van der Waals surface area contributed by atoms with Gasteiger partial charge in [-0.15, -0.1) is 0 Å². The molecule has 0 aliphatic rings. The number of phenols is 1. The number of phenolic OH excluding ortho intramolecular Hbond substituents is 1. The van der Waals surface area contributed by atoms with Crippen LogP contribution in [0.25, 0.3) is 0 Å². The summed E-state index contributed by atoms with van der Waals surface area (Å²) in [4.78, 5) is 0. The van der Waals surface area contributed by atoms with Crippen molar-refractivity contribution in [3.63, 3.8) is 0 Å². The van der Waals surface area contributed by atoms with Gasteiger partial charge in [0.15, 0.2) is 0 Å². The van der Waals surface area contributed by atoms with Crippen LogP contribution in [0.4, 0.5) is 4.39 Å². The highest BCUT2D eigenvalue weighted by molar-refractivity contribution is 5.30. The average molecular weight is 186 g/mol. The SMILES string of the molecule is OCC(CO)c1ccc(O)cc1F. The highest BCUT2D eigenvalue weighted by Gasteiger charge is 2.13. The molecule has 0 fully saturated rings. The first-order valence-electron chi connectivity index (χ1n) is 3.89. The van der Waals surface area contributed by atoms with E-state index in [4.69, 9.17) is 15.3 Å².